The lowest BCUT2D eigenvalue weighted by Gasteiger charge is -2.32. The van der Waals surface area contributed by atoms with Gasteiger partial charge in [-0.15, -0.1) is 0 Å². The van der Waals surface area contributed by atoms with Gasteiger partial charge in [0.15, 0.2) is 5.60 Å². The summed E-state index contributed by atoms with van der Waals surface area (Å²) in [5, 5.41) is 8.96. The lowest BCUT2D eigenvalue weighted by Crippen LogP contribution is -2.49. The van der Waals surface area contributed by atoms with E-state index in [-0.39, 0.29) is 32.8 Å². The van der Waals surface area contributed by atoms with Crippen LogP contribution in [0.5, 0.6) is 0 Å². The lowest BCUT2D eigenvalue weighted by molar-refractivity contribution is -0.180. The Kier molecular flexibility index (Phi) is 7.11. The second-order valence-electron chi connectivity index (χ2n) is 6.50. The van der Waals surface area contributed by atoms with Crippen LogP contribution in [-0.2, 0) is 28.5 Å². The van der Waals surface area contributed by atoms with Crippen LogP contribution in [0.25, 0.3) is 0 Å². The van der Waals surface area contributed by atoms with Crippen molar-refractivity contribution in [1.82, 2.24) is 9.55 Å². The van der Waals surface area contributed by atoms with E-state index in [9.17, 15) is 19.2 Å². The summed E-state index contributed by atoms with van der Waals surface area (Å²) in [6.07, 6.45) is -0.480. The molecule has 0 bridgehead atoms. The van der Waals surface area contributed by atoms with E-state index in [0.29, 0.717) is 5.56 Å². The van der Waals surface area contributed by atoms with Crippen LogP contribution < -0.4 is 11.2 Å². The molecule has 1 aromatic heterocycles. The highest BCUT2D eigenvalue weighted by Crippen LogP contribution is 2.39. The highest BCUT2D eigenvalue weighted by molar-refractivity contribution is 5.67. The average Bonchev–Trinajstić information content (AvgIpc) is 2.94. The number of H-pyrrole nitrogens is 1. The van der Waals surface area contributed by atoms with Crippen LogP contribution in [0.1, 0.15) is 32.1 Å². The molecule has 0 aliphatic carbocycles. The van der Waals surface area contributed by atoms with Gasteiger partial charge in [0.2, 0.25) is 0 Å². The number of carbonyl (C=O) groups excluding carboxylic acids is 2. The van der Waals surface area contributed by atoms with Crippen molar-refractivity contribution >= 4 is 11.9 Å². The van der Waals surface area contributed by atoms with Gasteiger partial charge in [-0.1, -0.05) is 0 Å². The minimum Gasteiger partial charge on any atom is -0.463 e. The third-order valence-corrected chi connectivity index (χ3v) is 4.25. The van der Waals surface area contributed by atoms with Crippen molar-refractivity contribution in [3.05, 3.63) is 32.6 Å². The molecule has 156 valence electrons. The van der Waals surface area contributed by atoms with Gasteiger partial charge in [-0.3, -0.25) is 23.9 Å². The molecular weight excluding hydrogens is 376 g/mol. The Bertz CT molecular complexity index is 831. The Hall–Kier alpha value is -2.50. The monoisotopic (exact) mass is 400 g/mol. The number of aromatic nitrogens is 2. The number of nitrogens with zero attached hydrogens (tertiary/aromatic N) is 1. The number of carbonyl (C=O) groups is 2. The maximum atomic E-state index is 12.2. The Balaban J connectivity index is 2.39. The molecule has 1 unspecified atom stereocenters. The van der Waals surface area contributed by atoms with Crippen molar-refractivity contribution in [3.8, 4) is 0 Å². The molecule has 0 radical (unpaired) electrons. The number of aliphatic hydroxyl groups excluding tert-OH is 1. The quantitative estimate of drug-likeness (QED) is 0.414. The minimum absolute atomic E-state index is 0.00825. The first-order valence-electron chi connectivity index (χ1n) is 8.67. The number of rotatable bonds is 8. The molecule has 2 rings (SSSR count). The van der Waals surface area contributed by atoms with Gasteiger partial charge in [0.1, 0.15) is 18.9 Å². The van der Waals surface area contributed by atoms with Gasteiger partial charge >= 0.3 is 17.6 Å². The van der Waals surface area contributed by atoms with E-state index in [1.54, 1.807) is 0 Å². The van der Waals surface area contributed by atoms with E-state index < -0.39 is 41.1 Å². The summed E-state index contributed by atoms with van der Waals surface area (Å²) in [5.41, 5.74) is -2.28. The first-order valence-corrected chi connectivity index (χ1v) is 8.67. The number of hydrogen-bond acceptors (Lipinski definition) is 9. The van der Waals surface area contributed by atoms with Crippen molar-refractivity contribution in [3.63, 3.8) is 0 Å². The maximum Gasteiger partial charge on any atom is 0.330 e. The number of aliphatic hydroxyl groups is 1. The molecular formula is C17H24N2O9. The number of ether oxygens (including phenoxy) is 4. The molecule has 11 nitrogen and oxygen atoms in total. The Morgan fingerprint density at radius 1 is 1.36 bits per heavy atom. The van der Waals surface area contributed by atoms with Gasteiger partial charge in [0.05, 0.1) is 19.8 Å². The van der Waals surface area contributed by atoms with Crippen molar-refractivity contribution in [1.29, 1.82) is 0 Å². The van der Waals surface area contributed by atoms with Crippen LogP contribution in [-0.4, -0.2) is 64.7 Å². The van der Waals surface area contributed by atoms with E-state index in [1.807, 2.05) is 0 Å². The topological polar surface area (TPSA) is 146 Å². The van der Waals surface area contributed by atoms with Crippen LogP contribution >= 0.6 is 0 Å². The van der Waals surface area contributed by atoms with Gasteiger partial charge in [-0.2, -0.15) is 0 Å². The summed E-state index contributed by atoms with van der Waals surface area (Å²) in [4.78, 5) is 49.0. The van der Waals surface area contributed by atoms with Gasteiger partial charge in [0.25, 0.3) is 5.56 Å². The summed E-state index contributed by atoms with van der Waals surface area (Å²) in [7, 11) is 0. The second-order valence-corrected chi connectivity index (χ2v) is 6.50. The molecule has 2 N–H and O–H groups in total. The molecule has 3 atom stereocenters. The van der Waals surface area contributed by atoms with E-state index in [0.717, 1.165) is 0 Å². The molecule has 0 aromatic carbocycles. The highest BCUT2D eigenvalue weighted by atomic mass is 16.6. The molecule has 1 aromatic rings. The third kappa shape index (κ3) is 5.06. The van der Waals surface area contributed by atoms with Crippen LogP contribution in [0.2, 0.25) is 0 Å². The van der Waals surface area contributed by atoms with Crippen molar-refractivity contribution in [2.75, 3.05) is 26.4 Å². The van der Waals surface area contributed by atoms with Crippen LogP contribution in [0, 0.1) is 6.92 Å². The summed E-state index contributed by atoms with van der Waals surface area (Å²) in [6.45, 7) is 3.33. The van der Waals surface area contributed by atoms with E-state index in [1.165, 1.54) is 31.5 Å². The number of hydrogen-bond donors (Lipinski definition) is 2. The van der Waals surface area contributed by atoms with E-state index in [2.05, 4.69) is 4.98 Å². The normalized spacial score (nSPS) is 24.1. The lowest BCUT2D eigenvalue weighted by atomic mass is 9.95. The SMILES string of the molecule is CC(=O)OC[C@H]1OC(n2cc(C)c(=O)[nH]c2=O)C[C@]1(COCCO)OC(C)=O. The zero-order chi connectivity index (χ0) is 20.9. The van der Waals surface area contributed by atoms with Gasteiger partial charge in [-0.05, 0) is 6.92 Å². The molecule has 0 amide bonds. The number of aromatic amines is 1. The van der Waals surface area contributed by atoms with Gasteiger partial charge in [-0.25, -0.2) is 4.79 Å². The summed E-state index contributed by atoms with van der Waals surface area (Å²) in [5.74, 6) is -1.17. The molecule has 1 aliphatic rings. The van der Waals surface area contributed by atoms with Gasteiger partial charge in [0, 0.05) is 32.0 Å². The van der Waals surface area contributed by atoms with E-state index in [4.69, 9.17) is 24.1 Å². The number of nitrogens with one attached hydrogen (secondary N) is 1. The Morgan fingerprint density at radius 2 is 2.07 bits per heavy atom. The molecule has 11 heteroatoms. The van der Waals surface area contributed by atoms with Crippen molar-refractivity contribution in [2.24, 2.45) is 0 Å². The molecule has 2 heterocycles. The van der Waals surface area contributed by atoms with Gasteiger partial charge < -0.3 is 24.1 Å². The average molecular weight is 400 g/mol. The fourth-order valence-electron chi connectivity index (χ4n) is 3.02. The third-order valence-electron chi connectivity index (χ3n) is 4.25. The Morgan fingerprint density at radius 3 is 2.68 bits per heavy atom. The second kappa shape index (κ2) is 9.13. The van der Waals surface area contributed by atoms with Crippen LogP contribution in [0.15, 0.2) is 15.8 Å². The summed E-state index contributed by atoms with van der Waals surface area (Å²) >= 11 is 0. The molecule has 1 saturated heterocycles. The fourth-order valence-corrected chi connectivity index (χ4v) is 3.02. The van der Waals surface area contributed by atoms with Crippen molar-refractivity contribution < 1.29 is 33.6 Å². The number of esters is 2. The molecule has 1 aliphatic heterocycles. The molecule has 1 fully saturated rings. The van der Waals surface area contributed by atoms with Crippen molar-refractivity contribution in [2.45, 2.75) is 45.1 Å². The number of aryl methyl sites for hydroxylation is 1. The van der Waals surface area contributed by atoms with E-state index >= 15 is 0 Å². The molecule has 0 saturated carbocycles. The largest absolute Gasteiger partial charge is 0.463 e. The summed E-state index contributed by atoms with van der Waals surface area (Å²) in [6, 6.07) is 0. The zero-order valence-electron chi connectivity index (χ0n) is 15.9. The highest BCUT2D eigenvalue weighted by Gasteiger charge is 2.53. The fraction of sp³-hybridized carbons (Fsp3) is 0.647. The van der Waals surface area contributed by atoms with Crippen LogP contribution in [0.4, 0.5) is 0 Å². The predicted molar refractivity (Wildman–Crippen MR) is 93.6 cm³/mol. The predicted octanol–water partition coefficient (Wildman–Crippen LogP) is -0.994. The first-order chi connectivity index (χ1) is 13.2. The maximum absolute atomic E-state index is 12.2. The molecule has 0 spiro atoms. The molecule has 28 heavy (non-hydrogen) atoms. The first kappa shape index (κ1) is 21.8. The van der Waals surface area contributed by atoms with Crippen LogP contribution in [0.3, 0.4) is 0 Å². The smallest absolute Gasteiger partial charge is 0.330 e. The Labute approximate surface area is 160 Å². The zero-order valence-corrected chi connectivity index (χ0v) is 15.9. The summed E-state index contributed by atoms with van der Waals surface area (Å²) < 4.78 is 22.9. The standard InChI is InChI=1S/C17H24N2O9/c1-10-7-19(16(24)18-15(10)23)14-6-17(28-12(3)22,9-25-5-4-20)13(27-14)8-26-11(2)21/h7,13-14,20H,4-6,8-9H2,1-3H3,(H,18,23,24)/t13-,14?,17-/m1/s1. The minimum atomic E-state index is -1.36.